The highest BCUT2D eigenvalue weighted by molar-refractivity contribution is 7.91. The van der Waals surface area contributed by atoms with Crippen LogP contribution in [0.4, 0.5) is 0 Å². The fourth-order valence-electron chi connectivity index (χ4n) is 0.982. The number of hydrogen-bond donors (Lipinski definition) is 0. The predicted octanol–water partition coefficient (Wildman–Crippen LogP) is 2.26. The van der Waals surface area contributed by atoms with Crippen molar-refractivity contribution in [1.82, 2.24) is 0 Å². The molecule has 0 aromatic heterocycles. The number of hydrogen-bond acceptors (Lipinski definition) is 2. The zero-order valence-corrected chi connectivity index (χ0v) is 9.13. The number of rotatable bonds is 4. The second kappa shape index (κ2) is 5.17. The van der Waals surface area contributed by atoms with E-state index in [1.54, 1.807) is 42.5 Å². The van der Waals surface area contributed by atoms with Gasteiger partial charge in [-0.2, -0.15) is 0 Å². The highest BCUT2D eigenvalue weighted by Crippen LogP contribution is 2.09. The molecule has 0 heterocycles. The monoisotopic (exact) mass is 230 g/mol. The first-order chi connectivity index (χ1) is 6.67. The topological polar surface area (TPSA) is 34.1 Å². The molecule has 0 amide bonds. The van der Waals surface area contributed by atoms with Crippen LogP contribution in [-0.2, 0) is 9.84 Å². The Balaban J connectivity index is 2.82. The van der Waals surface area contributed by atoms with E-state index in [-0.39, 0.29) is 5.75 Å². The van der Waals surface area contributed by atoms with Crippen molar-refractivity contribution >= 4 is 21.4 Å². The lowest BCUT2D eigenvalue weighted by Gasteiger charge is -1.99. The van der Waals surface area contributed by atoms with Crippen molar-refractivity contribution in [3.63, 3.8) is 0 Å². The predicted molar refractivity (Wildman–Crippen MR) is 58.4 cm³/mol. The molecule has 0 aliphatic heterocycles. The van der Waals surface area contributed by atoms with Gasteiger partial charge in [0.25, 0.3) is 0 Å². The summed E-state index contributed by atoms with van der Waals surface area (Å²) in [4.78, 5) is 0.347. The molecule has 0 aliphatic carbocycles. The van der Waals surface area contributed by atoms with Gasteiger partial charge in [-0.25, -0.2) is 8.42 Å². The van der Waals surface area contributed by atoms with Gasteiger partial charge in [-0.05, 0) is 12.1 Å². The second-order valence-electron chi connectivity index (χ2n) is 2.72. The first-order valence-corrected chi connectivity index (χ1v) is 6.34. The second-order valence-corrected chi connectivity index (χ2v) is 5.06. The molecule has 1 aromatic rings. The fraction of sp³-hybridized carbons (Fsp3) is 0.200. The van der Waals surface area contributed by atoms with E-state index in [9.17, 15) is 8.42 Å². The summed E-state index contributed by atoms with van der Waals surface area (Å²) in [7, 11) is -3.18. The van der Waals surface area contributed by atoms with Crippen LogP contribution in [0.2, 0.25) is 0 Å². The molecule has 0 bridgehead atoms. The van der Waals surface area contributed by atoms with Crippen LogP contribution >= 0.6 is 11.6 Å². The van der Waals surface area contributed by atoms with E-state index in [2.05, 4.69) is 0 Å². The zero-order chi connectivity index (χ0) is 10.4. The van der Waals surface area contributed by atoms with Crippen LogP contribution in [0.3, 0.4) is 0 Å². The van der Waals surface area contributed by atoms with Crippen molar-refractivity contribution in [2.45, 2.75) is 4.90 Å². The van der Waals surface area contributed by atoms with Crippen molar-refractivity contribution in [3.8, 4) is 0 Å². The maximum absolute atomic E-state index is 11.6. The van der Waals surface area contributed by atoms with Gasteiger partial charge in [0.15, 0.2) is 9.84 Å². The summed E-state index contributed by atoms with van der Waals surface area (Å²) in [5.41, 5.74) is 0. The molecular formula is C10H11ClO2S. The molecule has 0 atom stereocenters. The molecule has 76 valence electrons. The molecule has 2 nitrogen and oxygen atoms in total. The maximum atomic E-state index is 11.6. The van der Waals surface area contributed by atoms with E-state index in [0.29, 0.717) is 10.8 Å². The summed E-state index contributed by atoms with van der Waals surface area (Å²) in [6.07, 6.45) is 3.19. The minimum atomic E-state index is -3.18. The smallest absolute Gasteiger partial charge is 0.181 e. The molecule has 0 aliphatic rings. The number of allylic oxidation sites excluding steroid dienone is 1. The summed E-state index contributed by atoms with van der Waals surface area (Å²) in [5.74, 6) is 0.341. The minimum Gasteiger partial charge on any atom is -0.223 e. The van der Waals surface area contributed by atoms with E-state index in [4.69, 9.17) is 11.6 Å². The summed E-state index contributed by atoms with van der Waals surface area (Å²) >= 11 is 5.39. The van der Waals surface area contributed by atoms with Gasteiger partial charge in [0.05, 0.1) is 10.6 Å². The van der Waals surface area contributed by atoms with Gasteiger partial charge in [0, 0.05) is 5.88 Å². The van der Waals surface area contributed by atoms with Crippen molar-refractivity contribution in [3.05, 3.63) is 42.5 Å². The van der Waals surface area contributed by atoms with Crippen LogP contribution in [0.1, 0.15) is 0 Å². The van der Waals surface area contributed by atoms with Gasteiger partial charge in [0.2, 0.25) is 0 Å². The lowest BCUT2D eigenvalue weighted by atomic mass is 10.4. The van der Waals surface area contributed by atoms with Gasteiger partial charge in [-0.3, -0.25) is 0 Å². The lowest BCUT2D eigenvalue weighted by Crippen LogP contribution is -2.04. The Morgan fingerprint density at radius 2 is 1.79 bits per heavy atom. The lowest BCUT2D eigenvalue weighted by molar-refractivity contribution is 0.599. The van der Waals surface area contributed by atoms with Crippen LogP contribution in [0.25, 0.3) is 0 Å². The molecule has 0 spiro atoms. The third-order valence-corrected chi connectivity index (χ3v) is 3.47. The number of halogens is 1. The van der Waals surface area contributed by atoms with Crippen LogP contribution in [0.5, 0.6) is 0 Å². The van der Waals surface area contributed by atoms with Crippen LogP contribution in [-0.4, -0.2) is 20.1 Å². The van der Waals surface area contributed by atoms with Crippen LogP contribution in [0, 0.1) is 0 Å². The highest BCUT2D eigenvalue weighted by atomic mass is 35.5. The van der Waals surface area contributed by atoms with Crippen LogP contribution < -0.4 is 0 Å². The van der Waals surface area contributed by atoms with Crippen molar-refractivity contribution < 1.29 is 8.42 Å². The van der Waals surface area contributed by atoms with Crippen molar-refractivity contribution in [1.29, 1.82) is 0 Å². The van der Waals surface area contributed by atoms with E-state index in [0.717, 1.165) is 0 Å². The van der Waals surface area contributed by atoms with E-state index in [1.165, 1.54) is 0 Å². The quantitative estimate of drug-likeness (QED) is 0.587. The van der Waals surface area contributed by atoms with E-state index < -0.39 is 9.84 Å². The first-order valence-electron chi connectivity index (χ1n) is 4.15. The normalized spacial score (nSPS) is 12.1. The van der Waals surface area contributed by atoms with Gasteiger partial charge in [-0.1, -0.05) is 30.4 Å². The maximum Gasteiger partial charge on any atom is 0.181 e. The molecule has 0 unspecified atom stereocenters. The Kier molecular flexibility index (Phi) is 4.17. The Bertz CT molecular complexity index is 395. The zero-order valence-electron chi connectivity index (χ0n) is 7.56. The van der Waals surface area contributed by atoms with Crippen molar-refractivity contribution in [2.24, 2.45) is 0 Å². The van der Waals surface area contributed by atoms with E-state index >= 15 is 0 Å². The summed E-state index contributed by atoms with van der Waals surface area (Å²) in [5, 5.41) is 0. The highest BCUT2D eigenvalue weighted by Gasteiger charge is 2.10. The molecule has 0 saturated heterocycles. The molecular weight excluding hydrogens is 220 g/mol. The average Bonchev–Trinajstić information content (AvgIpc) is 2.19. The third kappa shape index (κ3) is 3.16. The standard InChI is InChI=1S/C10H11ClO2S/c11-8-4-5-9-14(12,13)10-6-2-1-3-7-10/h1-7H,8-9H2. The largest absolute Gasteiger partial charge is 0.223 e. The summed E-state index contributed by atoms with van der Waals surface area (Å²) in [6, 6.07) is 8.37. The molecule has 1 rings (SSSR count). The Morgan fingerprint density at radius 3 is 2.36 bits per heavy atom. The SMILES string of the molecule is O=S(=O)(CC=CCCl)c1ccccc1. The first kappa shape index (κ1) is 11.3. The van der Waals surface area contributed by atoms with Gasteiger partial charge in [0.1, 0.15) is 0 Å². The summed E-state index contributed by atoms with van der Waals surface area (Å²) < 4.78 is 23.2. The van der Waals surface area contributed by atoms with Gasteiger partial charge in [-0.15, -0.1) is 11.6 Å². The van der Waals surface area contributed by atoms with E-state index in [1.807, 2.05) is 0 Å². The molecule has 0 fully saturated rings. The Hall–Kier alpha value is -0.800. The van der Waals surface area contributed by atoms with Gasteiger partial charge < -0.3 is 0 Å². The van der Waals surface area contributed by atoms with Gasteiger partial charge >= 0.3 is 0 Å². The third-order valence-electron chi connectivity index (χ3n) is 1.67. The average molecular weight is 231 g/mol. The molecule has 14 heavy (non-hydrogen) atoms. The Morgan fingerprint density at radius 1 is 1.14 bits per heavy atom. The minimum absolute atomic E-state index is 0.00370. The number of benzene rings is 1. The van der Waals surface area contributed by atoms with Crippen LogP contribution in [0.15, 0.2) is 47.4 Å². The molecule has 0 saturated carbocycles. The summed E-state index contributed by atoms with van der Waals surface area (Å²) in [6.45, 7) is 0. The number of sulfone groups is 1. The number of alkyl halides is 1. The molecule has 4 heteroatoms. The Labute approximate surface area is 89.1 Å². The molecule has 0 radical (unpaired) electrons. The fourth-order valence-corrected chi connectivity index (χ4v) is 2.26. The molecule has 1 aromatic carbocycles. The van der Waals surface area contributed by atoms with Crippen molar-refractivity contribution in [2.75, 3.05) is 11.6 Å². The molecule has 0 N–H and O–H groups in total.